The van der Waals surface area contributed by atoms with Crippen molar-refractivity contribution in [2.75, 3.05) is 26.2 Å². The average molecular weight is 161 g/mol. The van der Waals surface area contributed by atoms with E-state index >= 15 is 0 Å². The molecule has 0 fully saturated rings. The van der Waals surface area contributed by atoms with Crippen molar-refractivity contribution in [3.8, 4) is 0 Å². The van der Waals surface area contributed by atoms with Gasteiger partial charge in [0, 0.05) is 19.6 Å². The number of rotatable bonds is 0. The Kier molecular flexibility index (Phi) is 1.11. The maximum atomic E-state index is 4.47. The van der Waals surface area contributed by atoms with Gasteiger partial charge in [-0.3, -0.25) is 4.99 Å². The summed E-state index contributed by atoms with van der Waals surface area (Å²) in [6.45, 7) is 4.07. The Morgan fingerprint density at radius 3 is 3.50 bits per heavy atom. The third kappa shape index (κ3) is 0.682. The minimum absolute atomic E-state index is 0.950. The van der Waals surface area contributed by atoms with E-state index in [-0.39, 0.29) is 0 Å². The zero-order valence-corrected chi connectivity index (χ0v) is 6.88. The molecule has 3 rings (SSSR count). The second kappa shape index (κ2) is 2.12. The Morgan fingerprint density at radius 2 is 2.50 bits per heavy atom. The molecule has 3 heteroatoms. The molecule has 0 aromatic heterocycles. The topological polar surface area (TPSA) is 27.6 Å². The van der Waals surface area contributed by atoms with Crippen molar-refractivity contribution in [1.82, 2.24) is 10.2 Å². The maximum Gasteiger partial charge on any atom is 0.148 e. The van der Waals surface area contributed by atoms with Crippen LogP contribution >= 0.6 is 0 Å². The zero-order valence-electron chi connectivity index (χ0n) is 6.88. The molecule has 0 saturated carbocycles. The van der Waals surface area contributed by atoms with Gasteiger partial charge in [0.1, 0.15) is 5.84 Å². The summed E-state index contributed by atoms with van der Waals surface area (Å²) in [5.74, 6) is 1.19. The van der Waals surface area contributed by atoms with E-state index in [1.165, 1.54) is 17.1 Å². The molecule has 0 atom stereocenters. The zero-order chi connectivity index (χ0) is 7.97. The van der Waals surface area contributed by atoms with Crippen molar-refractivity contribution in [3.63, 3.8) is 0 Å². The first kappa shape index (κ1) is 6.29. The maximum absolute atomic E-state index is 4.47. The fraction of sp³-hybridized carbons (Fsp3) is 0.444. The average Bonchev–Trinajstić information content (AvgIpc) is 2.62. The molecule has 12 heavy (non-hydrogen) atoms. The largest absolute Gasteiger partial charge is 0.378 e. The molecule has 0 aromatic carbocycles. The van der Waals surface area contributed by atoms with E-state index in [1.54, 1.807) is 0 Å². The van der Waals surface area contributed by atoms with Gasteiger partial charge < -0.3 is 10.2 Å². The molecule has 0 radical (unpaired) electrons. The highest BCUT2D eigenvalue weighted by Crippen LogP contribution is 2.23. The monoisotopic (exact) mass is 161 g/mol. The van der Waals surface area contributed by atoms with Crippen molar-refractivity contribution < 1.29 is 0 Å². The van der Waals surface area contributed by atoms with Crippen LogP contribution in [0, 0.1) is 0 Å². The fourth-order valence-corrected chi connectivity index (χ4v) is 1.99. The third-order valence-electron chi connectivity index (χ3n) is 2.55. The van der Waals surface area contributed by atoms with Gasteiger partial charge in [-0.2, -0.15) is 0 Å². The van der Waals surface area contributed by atoms with Gasteiger partial charge in [-0.1, -0.05) is 12.2 Å². The van der Waals surface area contributed by atoms with Crippen molar-refractivity contribution >= 4 is 5.84 Å². The molecule has 0 spiro atoms. The minimum Gasteiger partial charge on any atom is -0.378 e. The van der Waals surface area contributed by atoms with Crippen molar-refractivity contribution in [2.45, 2.75) is 0 Å². The van der Waals surface area contributed by atoms with Crippen molar-refractivity contribution in [1.29, 1.82) is 0 Å². The van der Waals surface area contributed by atoms with Crippen molar-refractivity contribution in [2.24, 2.45) is 4.99 Å². The van der Waals surface area contributed by atoms with Gasteiger partial charge in [0.05, 0.1) is 12.2 Å². The van der Waals surface area contributed by atoms with E-state index in [4.69, 9.17) is 0 Å². The molecule has 62 valence electrons. The van der Waals surface area contributed by atoms with Gasteiger partial charge >= 0.3 is 0 Å². The first-order valence-electron chi connectivity index (χ1n) is 4.38. The van der Waals surface area contributed by atoms with Crippen LogP contribution in [0.3, 0.4) is 0 Å². The number of dihydropyridines is 1. The Morgan fingerprint density at radius 1 is 1.50 bits per heavy atom. The quantitative estimate of drug-likeness (QED) is 0.546. The fourth-order valence-electron chi connectivity index (χ4n) is 1.99. The van der Waals surface area contributed by atoms with Crippen LogP contribution in [0.4, 0.5) is 0 Å². The summed E-state index contributed by atoms with van der Waals surface area (Å²) in [6, 6.07) is 0. The lowest BCUT2D eigenvalue weighted by Crippen LogP contribution is -2.27. The number of fused-ring (bicyclic) bond motifs is 2. The molecule has 3 heterocycles. The lowest BCUT2D eigenvalue weighted by Gasteiger charge is -2.12. The van der Waals surface area contributed by atoms with E-state index in [9.17, 15) is 0 Å². The standard InChI is InChI=1S/C9H11N3/c1-2-7-6-12-5-4-11-9(12)8(7)10-3-1/h1-2,10H,3-6H2. The van der Waals surface area contributed by atoms with Crippen LogP contribution in [-0.4, -0.2) is 36.9 Å². The van der Waals surface area contributed by atoms with Crippen LogP contribution < -0.4 is 5.32 Å². The molecule has 1 N–H and O–H groups in total. The van der Waals surface area contributed by atoms with Crippen LogP contribution in [0.2, 0.25) is 0 Å². The van der Waals surface area contributed by atoms with Crippen molar-refractivity contribution in [3.05, 3.63) is 23.4 Å². The molecule has 0 amide bonds. The van der Waals surface area contributed by atoms with Gasteiger partial charge in [-0.05, 0) is 5.57 Å². The SMILES string of the molecule is C1=CC2=C(NC1)C1=NCCN1C2. The van der Waals surface area contributed by atoms with E-state index < -0.39 is 0 Å². The Balaban J connectivity index is 2.06. The minimum atomic E-state index is 0.950. The number of aliphatic imine (C=N–C) groups is 1. The van der Waals surface area contributed by atoms with Gasteiger partial charge in [0.2, 0.25) is 0 Å². The highest BCUT2D eigenvalue weighted by atomic mass is 15.3. The highest BCUT2D eigenvalue weighted by Gasteiger charge is 2.30. The van der Waals surface area contributed by atoms with Gasteiger partial charge in [-0.25, -0.2) is 0 Å². The second-order valence-electron chi connectivity index (χ2n) is 3.31. The van der Waals surface area contributed by atoms with E-state index in [1.807, 2.05) is 0 Å². The Labute approximate surface area is 71.5 Å². The Hall–Kier alpha value is -1.25. The highest BCUT2D eigenvalue weighted by molar-refractivity contribution is 6.02. The molecule has 0 bridgehead atoms. The summed E-state index contributed by atoms with van der Waals surface area (Å²) in [5, 5.41) is 3.37. The summed E-state index contributed by atoms with van der Waals surface area (Å²) < 4.78 is 0. The summed E-state index contributed by atoms with van der Waals surface area (Å²) in [7, 11) is 0. The third-order valence-corrected chi connectivity index (χ3v) is 2.55. The van der Waals surface area contributed by atoms with Crippen LogP contribution in [0.25, 0.3) is 0 Å². The first-order valence-corrected chi connectivity index (χ1v) is 4.38. The summed E-state index contributed by atoms with van der Waals surface area (Å²) in [6.07, 6.45) is 4.38. The molecule has 0 unspecified atom stereocenters. The van der Waals surface area contributed by atoms with Crippen LogP contribution in [0.15, 0.2) is 28.4 Å². The number of nitrogens with one attached hydrogen (secondary N) is 1. The summed E-state index contributed by atoms with van der Waals surface area (Å²) in [5.41, 5.74) is 2.68. The number of hydrogen-bond donors (Lipinski definition) is 1. The predicted molar refractivity (Wildman–Crippen MR) is 48.0 cm³/mol. The molecule has 3 nitrogen and oxygen atoms in total. The lowest BCUT2D eigenvalue weighted by atomic mass is 10.2. The van der Waals surface area contributed by atoms with Gasteiger partial charge in [0.25, 0.3) is 0 Å². The van der Waals surface area contributed by atoms with Crippen LogP contribution in [0.5, 0.6) is 0 Å². The van der Waals surface area contributed by atoms with E-state index in [0.717, 1.165) is 26.2 Å². The Bertz CT molecular complexity index is 312. The molecule has 3 aliphatic rings. The van der Waals surface area contributed by atoms with Crippen LogP contribution in [0.1, 0.15) is 0 Å². The predicted octanol–water partition coefficient (Wildman–Crippen LogP) is 0.128. The van der Waals surface area contributed by atoms with E-state index in [0.29, 0.717) is 0 Å². The molecular formula is C9H11N3. The normalized spacial score (nSPS) is 25.3. The molecule has 0 aromatic rings. The van der Waals surface area contributed by atoms with E-state index in [2.05, 4.69) is 27.4 Å². The lowest BCUT2D eigenvalue weighted by molar-refractivity contribution is 0.514. The summed E-state index contributed by atoms with van der Waals surface area (Å²) in [4.78, 5) is 6.81. The molecule has 3 aliphatic heterocycles. The second-order valence-corrected chi connectivity index (χ2v) is 3.31. The summed E-state index contributed by atoms with van der Waals surface area (Å²) >= 11 is 0. The van der Waals surface area contributed by atoms with Gasteiger partial charge in [-0.15, -0.1) is 0 Å². The van der Waals surface area contributed by atoms with Gasteiger partial charge in [0.15, 0.2) is 0 Å². The first-order chi connectivity index (χ1) is 5.95. The smallest absolute Gasteiger partial charge is 0.148 e. The number of hydrogen-bond acceptors (Lipinski definition) is 3. The number of nitrogens with zero attached hydrogens (tertiary/aromatic N) is 2. The molecular weight excluding hydrogens is 150 g/mol. The molecule has 0 saturated heterocycles. The molecule has 0 aliphatic carbocycles. The van der Waals surface area contributed by atoms with Crippen LogP contribution in [-0.2, 0) is 0 Å². The number of amidine groups is 1.